The number of carbonyl (C=O) groups is 1. The number of carbonyl (C=O) groups excluding carboxylic acids is 1. The zero-order chi connectivity index (χ0) is 25.5. The van der Waals surface area contributed by atoms with Gasteiger partial charge in [-0.25, -0.2) is 18.2 Å². The molecule has 0 aliphatic carbocycles. The lowest BCUT2D eigenvalue weighted by atomic mass is 10.0. The molecule has 4 N–H and O–H groups in total. The molecule has 3 aromatic rings. The number of rotatable bonds is 5. The van der Waals surface area contributed by atoms with E-state index in [4.69, 9.17) is 11.5 Å². The third-order valence-corrected chi connectivity index (χ3v) is 5.81. The molecule has 1 unspecified atom stereocenters. The van der Waals surface area contributed by atoms with Crippen LogP contribution in [0.15, 0.2) is 36.4 Å². The predicted octanol–water partition coefficient (Wildman–Crippen LogP) is 3.87. The Labute approximate surface area is 196 Å². The highest BCUT2D eigenvalue weighted by atomic mass is 19.4. The third-order valence-electron chi connectivity index (χ3n) is 5.81. The lowest BCUT2D eigenvalue weighted by Crippen LogP contribution is -2.42. The van der Waals surface area contributed by atoms with Crippen molar-refractivity contribution in [3.05, 3.63) is 70.9 Å². The van der Waals surface area contributed by atoms with E-state index in [9.17, 15) is 31.1 Å². The standard InChI is InChI=1S/C23H21F6N5O/c24-16-10-18(26)17(25)8-13(16)7-15(31)9-20(35)33-5-6-34-19(11-33)21(32-22(34)23(27,28)29)12-1-3-14(30)4-2-12/h1-4,8,10,15H,5-7,9,11,30-31H2. The molecule has 0 saturated heterocycles. The van der Waals surface area contributed by atoms with E-state index in [1.807, 2.05) is 0 Å². The van der Waals surface area contributed by atoms with E-state index in [0.717, 1.165) is 4.57 Å². The topological polar surface area (TPSA) is 90.2 Å². The Balaban J connectivity index is 1.54. The van der Waals surface area contributed by atoms with E-state index < -0.39 is 41.4 Å². The van der Waals surface area contributed by atoms with Crippen molar-refractivity contribution in [1.82, 2.24) is 14.5 Å². The monoisotopic (exact) mass is 497 g/mol. The van der Waals surface area contributed by atoms with Gasteiger partial charge in [0.15, 0.2) is 11.6 Å². The molecule has 0 spiro atoms. The van der Waals surface area contributed by atoms with Gasteiger partial charge in [-0.3, -0.25) is 4.79 Å². The molecular formula is C23H21F6N5O. The maximum Gasteiger partial charge on any atom is 0.449 e. The number of benzene rings is 2. The fourth-order valence-corrected chi connectivity index (χ4v) is 4.10. The molecule has 186 valence electrons. The Morgan fingerprint density at radius 1 is 1.03 bits per heavy atom. The highest BCUT2D eigenvalue weighted by Gasteiger charge is 2.40. The molecule has 12 heteroatoms. The number of halogens is 6. The summed E-state index contributed by atoms with van der Waals surface area (Å²) in [5.41, 5.74) is 12.6. The zero-order valence-electron chi connectivity index (χ0n) is 18.2. The van der Waals surface area contributed by atoms with Gasteiger partial charge in [-0.2, -0.15) is 13.2 Å². The summed E-state index contributed by atoms with van der Waals surface area (Å²) in [5, 5.41) is 0. The molecule has 0 fully saturated rings. The van der Waals surface area contributed by atoms with Gasteiger partial charge in [0.1, 0.15) is 5.82 Å². The SMILES string of the molecule is Nc1ccc(-c2nc(C(F)(F)F)n3c2CN(C(=O)CC(N)Cc2cc(F)c(F)cc2F)CC3)cc1. The van der Waals surface area contributed by atoms with Crippen LogP contribution >= 0.6 is 0 Å². The fraction of sp³-hybridized carbons (Fsp3) is 0.304. The smallest absolute Gasteiger partial charge is 0.399 e. The molecule has 6 nitrogen and oxygen atoms in total. The summed E-state index contributed by atoms with van der Waals surface area (Å²) < 4.78 is 82.4. The Morgan fingerprint density at radius 2 is 1.69 bits per heavy atom. The Morgan fingerprint density at radius 3 is 2.34 bits per heavy atom. The summed E-state index contributed by atoms with van der Waals surface area (Å²) in [5.74, 6) is -5.08. The molecule has 0 bridgehead atoms. The quantitative estimate of drug-likeness (QED) is 0.318. The minimum atomic E-state index is -4.69. The summed E-state index contributed by atoms with van der Waals surface area (Å²) in [6.45, 7) is -0.294. The first-order valence-corrected chi connectivity index (χ1v) is 10.6. The van der Waals surface area contributed by atoms with Crippen LogP contribution in [0, 0.1) is 17.5 Å². The van der Waals surface area contributed by atoms with E-state index in [0.29, 0.717) is 23.4 Å². The van der Waals surface area contributed by atoms with Crippen LogP contribution in [0.3, 0.4) is 0 Å². The number of aromatic nitrogens is 2. The Hall–Kier alpha value is -3.54. The number of amides is 1. The molecule has 1 aliphatic rings. The molecule has 4 rings (SSSR count). The minimum absolute atomic E-state index is 0.0152. The van der Waals surface area contributed by atoms with Crippen molar-refractivity contribution in [1.29, 1.82) is 0 Å². The predicted molar refractivity (Wildman–Crippen MR) is 115 cm³/mol. The van der Waals surface area contributed by atoms with Crippen molar-refractivity contribution < 1.29 is 31.1 Å². The highest BCUT2D eigenvalue weighted by molar-refractivity contribution is 5.77. The van der Waals surface area contributed by atoms with Gasteiger partial charge < -0.3 is 20.9 Å². The van der Waals surface area contributed by atoms with Crippen molar-refractivity contribution in [3.63, 3.8) is 0 Å². The van der Waals surface area contributed by atoms with Gasteiger partial charge in [0.05, 0.1) is 17.9 Å². The summed E-state index contributed by atoms with van der Waals surface area (Å²) in [4.78, 5) is 18.0. The second-order valence-corrected chi connectivity index (χ2v) is 8.34. The molecule has 1 amide bonds. The number of fused-ring (bicyclic) bond motifs is 1. The van der Waals surface area contributed by atoms with Gasteiger partial charge in [-0.1, -0.05) is 12.1 Å². The number of anilines is 1. The van der Waals surface area contributed by atoms with Crippen LogP contribution in [-0.2, 0) is 30.5 Å². The van der Waals surface area contributed by atoms with Crippen LogP contribution in [0.5, 0.6) is 0 Å². The average Bonchev–Trinajstić information content (AvgIpc) is 3.17. The fourth-order valence-electron chi connectivity index (χ4n) is 4.10. The van der Waals surface area contributed by atoms with Crippen LogP contribution in [0.2, 0.25) is 0 Å². The second kappa shape index (κ2) is 9.25. The summed E-state index contributed by atoms with van der Waals surface area (Å²) >= 11 is 0. The highest BCUT2D eigenvalue weighted by Crippen LogP contribution is 2.36. The Bertz CT molecular complexity index is 1250. The molecule has 2 heterocycles. The summed E-state index contributed by atoms with van der Waals surface area (Å²) in [6, 6.07) is 6.34. The van der Waals surface area contributed by atoms with Crippen molar-refractivity contribution >= 4 is 11.6 Å². The van der Waals surface area contributed by atoms with Crippen LogP contribution in [0.1, 0.15) is 23.5 Å². The summed E-state index contributed by atoms with van der Waals surface area (Å²) in [7, 11) is 0. The van der Waals surface area contributed by atoms with Gasteiger partial charge in [0, 0.05) is 42.9 Å². The first-order valence-electron chi connectivity index (χ1n) is 10.6. The molecule has 2 aromatic carbocycles. The number of nitrogens with two attached hydrogens (primary N) is 2. The number of hydrogen-bond acceptors (Lipinski definition) is 4. The van der Waals surface area contributed by atoms with E-state index >= 15 is 0 Å². The number of imidazole rings is 1. The largest absolute Gasteiger partial charge is 0.449 e. The first-order chi connectivity index (χ1) is 16.4. The molecule has 35 heavy (non-hydrogen) atoms. The van der Waals surface area contributed by atoms with Crippen LogP contribution < -0.4 is 11.5 Å². The van der Waals surface area contributed by atoms with Crippen molar-refractivity contribution in [2.24, 2.45) is 5.73 Å². The normalized spacial score (nSPS) is 14.7. The second-order valence-electron chi connectivity index (χ2n) is 8.34. The van der Waals surface area contributed by atoms with Crippen molar-refractivity contribution in [2.45, 2.75) is 38.1 Å². The molecule has 0 saturated carbocycles. The number of hydrogen-bond donors (Lipinski definition) is 2. The lowest BCUT2D eigenvalue weighted by molar-refractivity contribution is -0.148. The molecule has 1 aliphatic heterocycles. The minimum Gasteiger partial charge on any atom is -0.399 e. The number of alkyl halides is 3. The third kappa shape index (κ3) is 5.11. The average molecular weight is 497 g/mol. The maximum atomic E-state index is 13.9. The summed E-state index contributed by atoms with van der Waals surface area (Å²) in [6.07, 6.45) is -5.19. The molecular weight excluding hydrogens is 476 g/mol. The number of nitrogen functional groups attached to an aromatic ring is 1. The van der Waals surface area contributed by atoms with Gasteiger partial charge in [-0.15, -0.1) is 0 Å². The van der Waals surface area contributed by atoms with Crippen molar-refractivity contribution in [3.8, 4) is 11.3 Å². The molecule has 0 radical (unpaired) electrons. The van der Waals surface area contributed by atoms with E-state index in [1.54, 1.807) is 12.1 Å². The van der Waals surface area contributed by atoms with Crippen LogP contribution in [0.4, 0.5) is 32.0 Å². The van der Waals surface area contributed by atoms with Gasteiger partial charge in [0.2, 0.25) is 11.7 Å². The molecule has 1 aromatic heterocycles. The van der Waals surface area contributed by atoms with E-state index in [-0.39, 0.29) is 49.4 Å². The maximum absolute atomic E-state index is 13.9. The van der Waals surface area contributed by atoms with Gasteiger partial charge >= 0.3 is 6.18 Å². The van der Waals surface area contributed by atoms with E-state index in [1.165, 1.54) is 17.0 Å². The van der Waals surface area contributed by atoms with Gasteiger partial charge in [-0.05, 0) is 30.2 Å². The van der Waals surface area contributed by atoms with Crippen LogP contribution in [0.25, 0.3) is 11.3 Å². The van der Waals surface area contributed by atoms with Crippen LogP contribution in [-0.4, -0.2) is 32.9 Å². The Kier molecular flexibility index (Phi) is 6.50. The zero-order valence-corrected chi connectivity index (χ0v) is 18.2. The van der Waals surface area contributed by atoms with Crippen molar-refractivity contribution in [2.75, 3.05) is 12.3 Å². The number of nitrogens with zero attached hydrogens (tertiary/aromatic N) is 3. The molecule has 1 atom stereocenters. The first kappa shape index (κ1) is 24.6. The van der Waals surface area contributed by atoms with E-state index in [2.05, 4.69) is 4.98 Å². The lowest BCUT2D eigenvalue weighted by Gasteiger charge is -2.30. The van der Waals surface area contributed by atoms with Gasteiger partial charge in [0.25, 0.3) is 0 Å².